The Bertz CT molecular complexity index is 631. The molecule has 0 radical (unpaired) electrons. The molecule has 2 rings (SSSR count). The van der Waals surface area contributed by atoms with E-state index in [2.05, 4.69) is 15.5 Å². The normalized spacial score (nSPS) is 13.1. The number of pyridine rings is 1. The minimum absolute atomic E-state index is 0.0555. The van der Waals surface area contributed by atoms with Crippen LogP contribution in [0.15, 0.2) is 47.9 Å². The number of oxime groups is 1. The first-order chi connectivity index (χ1) is 10.1. The zero-order valence-corrected chi connectivity index (χ0v) is 11.6. The molecule has 21 heavy (non-hydrogen) atoms. The van der Waals surface area contributed by atoms with Crippen LogP contribution in [-0.2, 0) is 6.54 Å². The van der Waals surface area contributed by atoms with Gasteiger partial charge in [-0.05, 0) is 30.7 Å². The van der Waals surface area contributed by atoms with E-state index in [9.17, 15) is 4.39 Å². The largest absolute Gasteiger partial charge is 0.409 e. The molecule has 1 atom stereocenters. The molecule has 0 aliphatic carbocycles. The van der Waals surface area contributed by atoms with Crippen molar-refractivity contribution in [3.8, 4) is 0 Å². The molecule has 1 unspecified atom stereocenters. The molecule has 0 bridgehead atoms. The van der Waals surface area contributed by atoms with Crippen LogP contribution < -0.4 is 11.1 Å². The average molecular weight is 288 g/mol. The summed E-state index contributed by atoms with van der Waals surface area (Å²) in [5.41, 5.74) is 7.06. The number of nitrogens with zero attached hydrogens (tertiary/aromatic N) is 2. The lowest BCUT2D eigenvalue weighted by atomic mass is 10.1. The third-order valence-electron chi connectivity index (χ3n) is 3.27. The number of hydrogen-bond donors (Lipinski definition) is 3. The van der Waals surface area contributed by atoms with Gasteiger partial charge in [0, 0.05) is 30.5 Å². The van der Waals surface area contributed by atoms with E-state index in [0.29, 0.717) is 12.1 Å². The van der Waals surface area contributed by atoms with Crippen molar-refractivity contribution in [3.63, 3.8) is 0 Å². The highest BCUT2D eigenvalue weighted by Crippen LogP contribution is 2.15. The molecule has 0 aliphatic heterocycles. The molecule has 0 fully saturated rings. The number of nitrogens with two attached hydrogens (primary N) is 1. The highest BCUT2D eigenvalue weighted by molar-refractivity contribution is 5.97. The predicted octanol–water partition coefficient (Wildman–Crippen LogP) is 2.17. The third kappa shape index (κ3) is 3.55. The fraction of sp³-hybridized carbons (Fsp3) is 0.200. The van der Waals surface area contributed by atoms with Gasteiger partial charge >= 0.3 is 0 Å². The number of benzene rings is 1. The highest BCUT2D eigenvalue weighted by atomic mass is 19.1. The van der Waals surface area contributed by atoms with Crippen molar-refractivity contribution < 1.29 is 9.60 Å². The molecule has 5 nitrogen and oxygen atoms in total. The molecule has 1 heterocycles. The minimum atomic E-state index is -0.484. The van der Waals surface area contributed by atoms with Gasteiger partial charge in [0.15, 0.2) is 5.84 Å². The highest BCUT2D eigenvalue weighted by Gasteiger charge is 2.12. The number of amidine groups is 1. The Balaban J connectivity index is 2.11. The Kier molecular flexibility index (Phi) is 4.84. The standard InChI is InChI=1S/C15H17FN4O/c1-10(11-5-7-18-8-6-11)19-9-12-3-2-4-13(14(12)16)15(17)20-21/h2-8,10,19,21H,9H2,1H3,(H2,17,20). The predicted molar refractivity (Wildman–Crippen MR) is 78.4 cm³/mol. The second-order valence-corrected chi connectivity index (χ2v) is 4.65. The van der Waals surface area contributed by atoms with E-state index in [0.717, 1.165) is 5.56 Å². The van der Waals surface area contributed by atoms with E-state index < -0.39 is 5.82 Å². The summed E-state index contributed by atoms with van der Waals surface area (Å²) < 4.78 is 14.2. The van der Waals surface area contributed by atoms with E-state index in [4.69, 9.17) is 10.9 Å². The summed E-state index contributed by atoms with van der Waals surface area (Å²) in [6.45, 7) is 2.32. The molecule has 0 saturated heterocycles. The van der Waals surface area contributed by atoms with Crippen molar-refractivity contribution >= 4 is 5.84 Å². The maximum atomic E-state index is 14.2. The summed E-state index contributed by atoms with van der Waals surface area (Å²) in [7, 11) is 0. The van der Waals surface area contributed by atoms with Crippen LogP contribution >= 0.6 is 0 Å². The van der Waals surface area contributed by atoms with Crippen LogP contribution in [0.25, 0.3) is 0 Å². The first kappa shape index (κ1) is 14.9. The molecule has 6 heteroatoms. The van der Waals surface area contributed by atoms with E-state index >= 15 is 0 Å². The van der Waals surface area contributed by atoms with Gasteiger partial charge in [0.2, 0.25) is 0 Å². The van der Waals surface area contributed by atoms with E-state index in [1.54, 1.807) is 24.5 Å². The molecular weight excluding hydrogens is 271 g/mol. The second-order valence-electron chi connectivity index (χ2n) is 4.65. The Morgan fingerprint density at radius 2 is 2.10 bits per heavy atom. The Labute approximate surface area is 122 Å². The third-order valence-corrected chi connectivity index (χ3v) is 3.27. The Morgan fingerprint density at radius 3 is 2.76 bits per heavy atom. The van der Waals surface area contributed by atoms with Crippen LogP contribution in [-0.4, -0.2) is 16.0 Å². The molecule has 1 aromatic carbocycles. The number of halogens is 1. The molecule has 0 aliphatic rings. The van der Waals surface area contributed by atoms with Crippen molar-refractivity contribution in [3.05, 3.63) is 65.2 Å². The monoisotopic (exact) mass is 288 g/mol. The van der Waals surface area contributed by atoms with Crippen molar-refractivity contribution in [1.29, 1.82) is 0 Å². The van der Waals surface area contributed by atoms with E-state index in [1.807, 2.05) is 19.1 Å². The summed E-state index contributed by atoms with van der Waals surface area (Å²) in [6, 6.07) is 8.67. The van der Waals surface area contributed by atoms with Gasteiger partial charge in [-0.3, -0.25) is 4.98 Å². The van der Waals surface area contributed by atoms with Gasteiger partial charge in [-0.1, -0.05) is 17.3 Å². The molecule has 2 aromatic rings. The summed E-state index contributed by atoms with van der Waals surface area (Å²) in [5, 5.41) is 14.7. The van der Waals surface area contributed by atoms with Crippen LogP contribution in [0.5, 0.6) is 0 Å². The number of hydrogen-bond acceptors (Lipinski definition) is 4. The Morgan fingerprint density at radius 1 is 1.38 bits per heavy atom. The van der Waals surface area contributed by atoms with Gasteiger partial charge in [-0.15, -0.1) is 0 Å². The van der Waals surface area contributed by atoms with Gasteiger partial charge in [0.05, 0.1) is 5.56 Å². The Hall–Kier alpha value is -2.47. The smallest absolute Gasteiger partial charge is 0.173 e. The van der Waals surface area contributed by atoms with Gasteiger partial charge in [0.1, 0.15) is 5.82 Å². The fourth-order valence-corrected chi connectivity index (χ4v) is 2.00. The van der Waals surface area contributed by atoms with Gasteiger partial charge in [-0.25, -0.2) is 4.39 Å². The lowest BCUT2D eigenvalue weighted by molar-refractivity contribution is 0.318. The zero-order chi connectivity index (χ0) is 15.2. The van der Waals surface area contributed by atoms with Gasteiger partial charge in [0.25, 0.3) is 0 Å². The van der Waals surface area contributed by atoms with Crippen LogP contribution in [0.1, 0.15) is 29.7 Å². The molecule has 0 saturated carbocycles. The van der Waals surface area contributed by atoms with Crippen molar-refractivity contribution in [2.24, 2.45) is 10.9 Å². The zero-order valence-electron chi connectivity index (χ0n) is 11.6. The van der Waals surface area contributed by atoms with E-state index in [1.165, 1.54) is 6.07 Å². The first-order valence-corrected chi connectivity index (χ1v) is 6.52. The molecule has 1 aromatic heterocycles. The topological polar surface area (TPSA) is 83.5 Å². The summed E-state index contributed by atoms with van der Waals surface area (Å²) in [4.78, 5) is 3.96. The molecular formula is C15H17FN4O. The second kappa shape index (κ2) is 6.81. The summed E-state index contributed by atoms with van der Waals surface area (Å²) >= 11 is 0. The van der Waals surface area contributed by atoms with Crippen LogP contribution in [0.3, 0.4) is 0 Å². The quantitative estimate of drug-likeness (QED) is 0.341. The average Bonchev–Trinajstić information content (AvgIpc) is 2.53. The van der Waals surface area contributed by atoms with Crippen LogP contribution in [0, 0.1) is 5.82 Å². The molecule has 0 spiro atoms. The first-order valence-electron chi connectivity index (χ1n) is 6.52. The molecule has 0 amide bonds. The number of nitrogens with one attached hydrogen (secondary N) is 1. The lowest BCUT2D eigenvalue weighted by Crippen LogP contribution is -2.21. The summed E-state index contributed by atoms with van der Waals surface area (Å²) in [6.07, 6.45) is 3.43. The maximum Gasteiger partial charge on any atom is 0.173 e. The number of rotatable bonds is 5. The van der Waals surface area contributed by atoms with Crippen LogP contribution in [0.4, 0.5) is 4.39 Å². The van der Waals surface area contributed by atoms with Crippen molar-refractivity contribution in [1.82, 2.24) is 10.3 Å². The van der Waals surface area contributed by atoms with Crippen molar-refractivity contribution in [2.75, 3.05) is 0 Å². The fourth-order valence-electron chi connectivity index (χ4n) is 2.00. The van der Waals surface area contributed by atoms with Gasteiger partial charge < -0.3 is 16.3 Å². The summed E-state index contributed by atoms with van der Waals surface area (Å²) in [5.74, 6) is -0.723. The van der Waals surface area contributed by atoms with Gasteiger partial charge in [-0.2, -0.15) is 0 Å². The molecule has 110 valence electrons. The maximum absolute atomic E-state index is 14.2. The van der Waals surface area contributed by atoms with E-state index in [-0.39, 0.29) is 17.4 Å². The SMILES string of the molecule is CC(NCc1cccc(/C(N)=N/O)c1F)c1ccncc1. The minimum Gasteiger partial charge on any atom is -0.409 e. The molecule has 4 N–H and O–H groups in total. The van der Waals surface area contributed by atoms with Crippen molar-refractivity contribution in [2.45, 2.75) is 19.5 Å². The lowest BCUT2D eigenvalue weighted by Gasteiger charge is -2.15. The van der Waals surface area contributed by atoms with Crippen LogP contribution in [0.2, 0.25) is 0 Å². The number of aromatic nitrogens is 1.